The Morgan fingerprint density at radius 3 is 2.67 bits per heavy atom. The Morgan fingerprint density at radius 2 is 2.00 bits per heavy atom. The van der Waals surface area contributed by atoms with Crippen molar-refractivity contribution < 1.29 is 14.0 Å². The SMILES string of the molecule is CN(CC(=O)Nc1cccc(F)c1)CC(=O)N(C)Cc1ccsc1. The Hall–Kier alpha value is -2.25. The first kappa shape index (κ1) is 18.1. The van der Waals surface area contributed by atoms with Gasteiger partial charge in [0, 0.05) is 19.3 Å². The van der Waals surface area contributed by atoms with E-state index in [4.69, 9.17) is 0 Å². The second kappa shape index (κ2) is 8.56. The van der Waals surface area contributed by atoms with Crippen LogP contribution in [0.3, 0.4) is 0 Å². The van der Waals surface area contributed by atoms with E-state index in [-0.39, 0.29) is 24.9 Å². The van der Waals surface area contributed by atoms with Gasteiger partial charge in [-0.05, 0) is 47.6 Å². The van der Waals surface area contributed by atoms with E-state index in [1.165, 1.54) is 18.2 Å². The van der Waals surface area contributed by atoms with Crippen molar-refractivity contribution in [2.45, 2.75) is 6.54 Å². The molecule has 0 spiro atoms. The number of hydrogen-bond acceptors (Lipinski definition) is 4. The Kier molecular flexibility index (Phi) is 6.45. The Balaban J connectivity index is 1.78. The van der Waals surface area contributed by atoms with Crippen LogP contribution in [-0.4, -0.2) is 48.8 Å². The van der Waals surface area contributed by atoms with Crippen LogP contribution in [0.5, 0.6) is 0 Å². The molecule has 2 amide bonds. The minimum atomic E-state index is -0.411. The first-order valence-corrected chi connectivity index (χ1v) is 8.37. The number of nitrogens with zero attached hydrogens (tertiary/aromatic N) is 2. The summed E-state index contributed by atoms with van der Waals surface area (Å²) in [7, 11) is 3.43. The van der Waals surface area contributed by atoms with Crippen LogP contribution in [-0.2, 0) is 16.1 Å². The Labute approximate surface area is 144 Å². The number of amides is 2. The van der Waals surface area contributed by atoms with Gasteiger partial charge in [0.05, 0.1) is 13.1 Å². The number of nitrogens with one attached hydrogen (secondary N) is 1. The lowest BCUT2D eigenvalue weighted by molar-refractivity contribution is -0.131. The van der Waals surface area contributed by atoms with E-state index < -0.39 is 5.82 Å². The molecule has 0 fully saturated rings. The lowest BCUT2D eigenvalue weighted by Gasteiger charge is -2.21. The molecule has 1 aromatic heterocycles. The van der Waals surface area contributed by atoms with Gasteiger partial charge < -0.3 is 10.2 Å². The van der Waals surface area contributed by atoms with Gasteiger partial charge in [-0.2, -0.15) is 11.3 Å². The number of rotatable bonds is 7. The van der Waals surface area contributed by atoms with Crippen LogP contribution in [0.4, 0.5) is 10.1 Å². The summed E-state index contributed by atoms with van der Waals surface area (Å²) >= 11 is 1.59. The largest absolute Gasteiger partial charge is 0.340 e. The predicted molar refractivity (Wildman–Crippen MR) is 93.3 cm³/mol. The van der Waals surface area contributed by atoms with E-state index in [9.17, 15) is 14.0 Å². The molecular formula is C17H20FN3O2S. The van der Waals surface area contributed by atoms with Gasteiger partial charge in [-0.15, -0.1) is 0 Å². The average Bonchev–Trinajstić information content (AvgIpc) is 2.99. The summed E-state index contributed by atoms with van der Waals surface area (Å²) in [4.78, 5) is 27.4. The molecule has 0 bridgehead atoms. The molecule has 0 atom stereocenters. The van der Waals surface area contributed by atoms with Crippen molar-refractivity contribution in [2.75, 3.05) is 32.5 Å². The quantitative estimate of drug-likeness (QED) is 0.835. The minimum absolute atomic E-state index is 0.0501. The van der Waals surface area contributed by atoms with Gasteiger partial charge in [0.15, 0.2) is 0 Å². The molecule has 2 aromatic rings. The maximum absolute atomic E-state index is 13.1. The molecule has 5 nitrogen and oxygen atoms in total. The van der Waals surface area contributed by atoms with Gasteiger partial charge >= 0.3 is 0 Å². The Morgan fingerprint density at radius 1 is 1.21 bits per heavy atom. The highest BCUT2D eigenvalue weighted by Gasteiger charge is 2.14. The van der Waals surface area contributed by atoms with Crippen molar-refractivity contribution >= 4 is 28.8 Å². The standard InChI is InChI=1S/C17H20FN3O2S/c1-20(10-16(22)19-15-5-3-4-14(18)8-15)11-17(23)21(2)9-13-6-7-24-12-13/h3-8,12H,9-11H2,1-2H3,(H,19,22). The molecule has 7 heteroatoms. The van der Waals surface area contributed by atoms with Crippen LogP contribution in [0.1, 0.15) is 5.56 Å². The smallest absolute Gasteiger partial charge is 0.238 e. The lowest BCUT2D eigenvalue weighted by atomic mass is 10.3. The summed E-state index contributed by atoms with van der Waals surface area (Å²) in [6.07, 6.45) is 0. The molecular weight excluding hydrogens is 329 g/mol. The molecule has 128 valence electrons. The normalized spacial score (nSPS) is 10.7. The summed E-state index contributed by atoms with van der Waals surface area (Å²) in [5.74, 6) is -0.773. The third-order valence-corrected chi connectivity index (χ3v) is 4.08. The molecule has 0 radical (unpaired) electrons. The third-order valence-electron chi connectivity index (χ3n) is 3.35. The molecule has 24 heavy (non-hydrogen) atoms. The second-order valence-electron chi connectivity index (χ2n) is 5.61. The van der Waals surface area contributed by atoms with Crippen molar-refractivity contribution in [1.82, 2.24) is 9.80 Å². The van der Waals surface area contributed by atoms with Crippen LogP contribution >= 0.6 is 11.3 Å². The summed E-state index contributed by atoms with van der Waals surface area (Å²) in [5.41, 5.74) is 1.48. The summed E-state index contributed by atoms with van der Waals surface area (Å²) in [6, 6.07) is 7.67. The summed E-state index contributed by atoms with van der Waals surface area (Å²) < 4.78 is 13.1. The highest BCUT2D eigenvalue weighted by molar-refractivity contribution is 7.07. The molecule has 0 aliphatic heterocycles. The third kappa shape index (κ3) is 5.75. The number of likely N-dealkylation sites (N-methyl/N-ethyl adjacent to an activating group) is 2. The highest BCUT2D eigenvalue weighted by atomic mass is 32.1. The highest BCUT2D eigenvalue weighted by Crippen LogP contribution is 2.10. The molecule has 0 saturated carbocycles. The van der Waals surface area contributed by atoms with Gasteiger partial charge in [-0.1, -0.05) is 6.07 Å². The fraction of sp³-hybridized carbons (Fsp3) is 0.294. The van der Waals surface area contributed by atoms with Gasteiger partial charge in [0.1, 0.15) is 5.82 Å². The van der Waals surface area contributed by atoms with Gasteiger partial charge in [-0.3, -0.25) is 14.5 Å². The molecule has 0 aliphatic rings. The molecule has 0 saturated heterocycles. The molecule has 1 heterocycles. The van der Waals surface area contributed by atoms with Crippen LogP contribution < -0.4 is 5.32 Å². The van der Waals surface area contributed by atoms with Gasteiger partial charge in [-0.25, -0.2) is 4.39 Å². The number of carbonyl (C=O) groups is 2. The molecule has 0 aliphatic carbocycles. The van der Waals surface area contributed by atoms with Crippen LogP contribution in [0, 0.1) is 5.82 Å². The van der Waals surface area contributed by atoms with Crippen molar-refractivity contribution in [1.29, 1.82) is 0 Å². The fourth-order valence-electron chi connectivity index (χ4n) is 2.16. The van der Waals surface area contributed by atoms with Crippen molar-refractivity contribution in [2.24, 2.45) is 0 Å². The first-order valence-electron chi connectivity index (χ1n) is 7.43. The number of thiophene rings is 1. The van der Waals surface area contributed by atoms with Crippen LogP contribution in [0.2, 0.25) is 0 Å². The van der Waals surface area contributed by atoms with Crippen LogP contribution in [0.25, 0.3) is 0 Å². The second-order valence-corrected chi connectivity index (χ2v) is 6.39. The van der Waals surface area contributed by atoms with E-state index in [1.807, 2.05) is 16.8 Å². The molecule has 1 aromatic carbocycles. The Bertz CT molecular complexity index is 691. The van der Waals surface area contributed by atoms with E-state index in [1.54, 1.807) is 41.3 Å². The van der Waals surface area contributed by atoms with Gasteiger partial charge in [0.25, 0.3) is 0 Å². The topological polar surface area (TPSA) is 52.7 Å². The number of anilines is 1. The lowest BCUT2D eigenvalue weighted by Crippen LogP contribution is -2.39. The number of hydrogen-bond donors (Lipinski definition) is 1. The molecule has 0 unspecified atom stereocenters. The van der Waals surface area contributed by atoms with E-state index in [0.29, 0.717) is 12.2 Å². The zero-order chi connectivity index (χ0) is 17.5. The maximum atomic E-state index is 13.1. The molecule has 1 N–H and O–H groups in total. The number of halogens is 1. The van der Waals surface area contributed by atoms with E-state index in [0.717, 1.165) is 5.56 Å². The summed E-state index contributed by atoms with van der Waals surface area (Å²) in [5, 5.41) is 6.58. The van der Waals surface area contributed by atoms with E-state index in [2.05, 4.69) is 5.32 Å². The fourth-order valence-corrected chi connectivity index (χ4v) is 2.82. The van der Waals surface area contributed by atoms with E-state index >= 15 is 0 Å². The van der Waals surface area contributed by atoms with Crippen molar-refractivity contribution in [3.05, 3.63) is 52.5 Å². The first-order chi connectivity index (χ1) is 11.4. The van der Waals surface area contributed by atoms with Crippen LogP contribution in [0.15, 0.2) is 41.1 Å². The number of carbonyl (C=O) groups excluding carboxylic acids is 2. The minimum Gasteiger partial charge on any atom is -0.340 e. The maximum Gasteiger partial charge on any atom is 0.238 e. The van der Waals surface area contributed by atoms with Crippen molar-refractivity contribution in [3.63, 3.8) is 0 Å². The molecule has 2 rings (SSSR count). The summed E-state index contributed by atoms with van der Waals surface area (Å²) in [6.45, 7) is 0.734. The number of benzene rings is 1. The van der Waals surface area contributed by atoms with Gasteiger partial charge in [0.2, 0.25) is 11.8 Å². The van der Waals surface area contributed by atoms with Crippen molar-refractivity contribution in [3.8, 4) is 0 Å². The monoisotopic (exact) mass is 349 g/mol. The predicted octanol–water partition coefficient (Wildman–Crippen LogP) is 2.42. The zero-order valence-electron chi connectivity index (χ0n) is 13.7. The zero-order valence-corrected chi connectivity index (χ0v) is 14.5. The average molecular weight is 349 g/mol.